The van der Waals surface area contributed by atoms with Gasteiger partial charge in [0.2, 0.25) is 0 Å². The van der Waals surface area contributed by atoms with Gasteiger partial charge < -0.3 is 10.1 Å². The van der Waals surface area contributed by atoms with Crippen molar-refractivity contribution in [3.05, 3.63) is 83.8 Å². The quantitative estimate of drug-likeness (QED) is 0.408. The molecule has 1 N–H and O–H groups in total. The zero-order valence-electron chi connectivity index (χ0n) is 18.7. The molecule has 0 atom stereocenters. The Labute approximate surface area is 191 Å². The lowest BCUT2D eigenvalue weighted by atomic mass is 9.98. The van der Waals surface area contributed by atoms with E-state index in [-0.39, 0.29) is 11.6 Å². The molecule has 7 heteroatoms. The average molecular weight is 438 g/mol. The van der Waals surface area contributed by atoms with E-state index in [1.54, 1.807) is 10.6 Å². The van der Waals surface area contributed by atoms with Gasteiger partial charge in [-0.1, -0.05) is 54.6 Å². The van der Waals surface area contributed by atoms with E-state index in [0.29, 0.717) is 29.4 Å². The summed E-state index contributed by atoms with van der Waals surface area (Å²) in [6.45, 7) is 6.17. The number of hydrogen-bond donors (Lipinski definition) is 1. The Bertz CT molecular complexity index is 1500. The van der Waals surface area contributed by atoms with Crippen molar-refractivity contribution in [1.82, 2.24) is 19.8 Å². The average Bonchev–Trinajstić information content (AvgIpc) is 3.17. The molecule has 0 aliphatic carbocycles. The predicted octanol–water partition coefficient (Wildman–Crippen LogP) is 5.21. The van der Waals surface area contributed by atoms with Crippen molar-refractivity contribution in [3.63, 3.8) is 0 Å². The van der Waals surface area contributed by atoms with E-state index in [4.69, 9.17) is 9.84 Å². The molecule has 0 radical (unpaired) electrons. The number of aryl methyl sites for hydroxylation is 2. The van der Waals surface area contributed by atoms with Crippen LogP contribution in [0.3, 0.4) is 0 Å². The van der Waals surface area contributed by atoms with Crippen molar-refractivity contribution in [2.75, 3.05) is 11.9 Å². The summed E-state index contributed by atoms with van der Waals surface area (Å²) in [5.41, 5.74) is 4.80. The molecule has 164 valence electrons. The SMILES string of the molecule is CCOc1ccccc1NC(=O)c1nnc2c(-c3cccc4ccccc34)c(C)nn2c1C. The lowest BCUT2D eigenvalue weighted by Crippen LogP contribution is -2.19. The van der Waals surface area contributed by atoms with Crippen LogP contribution >= 0.6 is 0 Å². The summed E-state index contributed by atoms with van der Waals surface area (Å²) >= 11 is 0. The number of nitrogens with zero attached hydrogens (tertiary/aromatic N) is 4. The largest absolute Gasteiger partial charge is 0.492 e. The van der Waals surface area contributed by atoms with Crippen LogP contribution in [0.5, 0.6) is 5.75 Å². The zero-order valence-corrected chi connectivity index (χ0v) is 18.7. The molecule has 0 bridgehead atoms. The molecule has 33 heavy (non-hydrogen) atoms. The molecule has 0 aliphatic rings. The first-order chi connectivity index (χ1) is 16.1. The topological polar surface area (TPSA) is 81.4 Å². The predicted molar refractivity (Wildman–Crippen MR) is 129 cm³/mol. The highest BCUT2D eigenvalue weighted by molar-refractivity contribution is 6.05. The second kappa shape index (κ2) is 8.35. The number of fused-ring (bicyclic) bond motifs is 2. The molecule has 2 aromatic heterocycles. The Morgan fingerprint density at radius 3 is 2.58 bits per heavy atom. The van der Waals surface area contributed by atoms with Crippen LogP contribution in [0.15, 0.2) is 66.7 Å². The maximum Gasteiger partial charge on any atom is 0.278 e. The number of rotatable bonds is 5. The third kappa shape index (κ3) is 3.57. The molecule has 1 amide bonds. The van der Waals surface area contributed by atoms with Crippen LogP contribution < -0.4 is 10.1 Å². The maximum atomic E-state index is 13.1. The lowest BCUT2D eigenvalue weighted by molar-refractivity contribution is 0.101. The summed E-state index contributed by atoms with van der Waals surface area (Å²) in [5, 5.41) is 18.6. The van der Waals surface area contributed by atoms with Crippen molar-refractivity contribution in [2.45, 2.75) is 20.8 Å². The summed E-state index contributed by atoms with van der Waals surface area (Å²) in [7, 11) is 0. The Morgan fingerprint density at radius 1 is 0.970 bits per heavy atom. The first-order valence-electron chi connectivity index (χ1n) is 10.8. The molecule has 5 rings (SSSR count). The monoisotopic (exact) mass is 437 g/mol. The van der Waals surface area contributed by atoms with Crippen molar-refractivity contribution >= 4 is 28.0 Å². The fourth-order valence-electron chi connectivity index (χ4n) is 4.11. The van der Waals surface area contributed by atoms with E-state index in [9.17, 15) is 4.79 Å². The number of nitrogens with one attached hydrogen (secondary N) is 1. The van der Waals surface area contributed by atoms with Crippen LogP contribution in [0.4, 0.5) is 5.69 Å². The maximum absolute atomic E-state index is 13.1. The van der Waals surface area contributed by atoms with Crippen LogP contribution in [-0.2, 0) is 0 Å². The molecule has 7 nitrogen and oxygen atoms in total. The van der Waals surface area contributed by atoms with Gasteiger partial charge in [0.1, 0.15) is 5.75 Å². The summed E-state index contributed by atoms with van der Waals surface area (Å²) < 4.78 is 7.31. The smallest absolute Gasteiger partial charge is 0.278 e. The molecule has 0 aliphatic heterocycles. The number of carbonyl (C=O) groups excluding carboxylic acids is 1. The number of anilines is 1. The van der Waals surface area contributed by atoms with Crippen LogP contribution in [0.1, 0.15) is 28.8 Å². The Morgan fingerprint density at radius 2 is 1.73 bits per heavy atom. The number of aromatic nitrogens is 4. The van der Waals surface area contributed by atoms with Crippen LogP contribution in [-0.4, -0.2) is 32.3 Å². The van der Waals surface area contributed by atoms with E-state index in [1.807, 2.05) is 57.2 Å². The second-order valence-electron chi connectivity index (χ2n) is 7.74. The lowest BCUT2D eigenvalue weighted by Gasteiger charge is -2.12. The van der Waals surface area contributed by atoms with Crippen molar-refractivity contribution in [1.29, 1.82) is 0 Å². The van der Waals surface area contributed by atoms with E-state index in [2.05, 4.69) is 39.8 Å². The Hall–Kier alpha value is -4.26. The first-order valence-corrected chi connectivity index (χ1v) is 10.8. The summed E-state index contributed by atoms with van der Waals surface area (Å²) in [6.07, 6.45) is 0. The van der Waals surface area contributed by atoms with E-state index in [0.717, 1.165) is 27.6 Å². The molecule has 0 spiro atoms. The second-order valence-corrected chi connectivity index (χ2v) is 7.74. The van der Waals surface area contributed by atoms with Crippen LogP contribution in [0.25, 0.3) is 27.5 Å². The van der Waals surface area contributed by atoms with E-state index in [1.165, 1.54) is 0 Å². The fourth-order valence-corrected chi connectivity index (χ4v) is 4.11. The molecule has 0 unspecified atom stereocenters. The number of ether oxygens (including phenoxy) is 1. The van der Waals surface area contributed by atoms with Gasteiger partial charge in [-0.3, -0.25) is 4.79 Å². The highest BCUT2D eigenvalue weighted by Gasteiger charge is 2.22. The van der Waals surface area contributed by atoms with Crippen molar-refractivity contribution in [3.8, 4) is 16.9 Å². The standard InChI is InChI=1S/C26H23N5O2/c1-4-33-22-15-8-7-14-21(22)27-26(32)24-17(3)31-25(29-28-24)23(16(2)30-31)20-13-9-11-18-10-5-6-12-19(18)20/h5-15H,4H2,1-3H3,(H,27,32). The molecule has 3 aromatic carbocycles. The van der Waals surface area contributed by atoms with Gasteiger partial charge in [-0.2, -0.15) is 5.10 Å². The number of amides is 1. The Balaban J connectivity index is 1.58. The van der Waals surface area contributed by atoms with E-state index >= 15 is 0 Å². The molecular weight excluding hydrogens is 414 g/mol. The molecular formula is C26H23N5O2. The summed E-state index contributed by atoms with van der Waals surface area (Å²) in [4.78, 5) is 13.1. The van der Waals surface area contributed by atoms with Gasteiger partial charge in [-0.15, -0.1) is 10.2 Å². The number of carbonyl (C=O) groups is 1. The highest BCUT2D eigenvalue weighted by Crippen LogP contribution is 2.33. The minimum absolute atomic E-state index is 0.209. The fraction of sp³-hybridized carbons (Fsp3) is 0.154. The number of para-hydroxylation sites is 2. The van der Waals surface area contributed by atoms with Crippen molar-refractivity contribution in [2.24, 2.45) is 0 Å². The molecule has 2 heterocycles. The van der Waals surface area contributed by atoms with Gasteiger partial charge in [-0.05, 0) is 49.2 Å². The zero-order chi connectivity index (χ0) is 22.9. The third-order valence-electron chi connectivity index (χ3n) is 5.65. The highest BCUT2D eigenvalue weighted by atomic mass is 16.5. The van der Waals surface area contributed by atoms with Gasteiger partial charge in [0.05, 0.1) is 29.2 Å². The van der Waals surface area contributed by atoms with Gasteiger partial charge in [-0.25, -0.2) is 4.52 Å². The van der Waals surface area contributed by atoms with Gasteiger partial charge in [0.25, 0.3) is 5.91 Å². The van der Waals surface area contributed by atoms with Crippen LogP contribution in [0.2, 0.25) is 0 Å². The summed E-state index contributed by atoms with van der Waals surface area (Å²) in [5.74, 6) is 0.238. The third-order valence-corrected chi connectivity index (χ3v) is 5.65. The molecule has 0 saturated heterocycles. The number of benzene rings is 3. The minimum Gasteiger partial charge on any atom is -0.492 e. The number of hydrogen-bond acceptors (Lipinski definition) is 5. The molecule has 0 fully saturated rings. The summed E-state index contributed by atoms with van der Waals surface area (Å²) in [6, 6.07) is 21.7. The minimum atomic E-state index is -0.367. The van der Waals surface area contributed by atoms with E-state index < -0.39 is 0 Å². The van der Waals surface area contributed by atoms with Gasteiger partial charge in [0.15, 0.2) is 11.3 Å². The Kier molecular flexibility index (Phi) is 5.22. The first kappa shape index (κ1) is 20.6. The molecule has 5 aromatic rings. The van der Waals surface area contributed by atoms with Gasteiger partial charge in [0, 0.05) is 0 Å². The van der Waals surface area contributed by atoms with Gasteiger partial charge >= 0.3 is 0 Å². The normalized spacial score (nSPS) is 11.1. The van der Waals surface area contributed by atoms with Crippen molar-refractivity contribution < 1.29 is 9.53 Å². The molecule has 0 saturated carbocycles. The van der Waals surface area contributed by atoms with Crippen LogP contribution in [0, 0.1) is 13.8 Å².